The number of ether oxygens (including phenoxy) is 2. The van der Waals surface area contributed by atoms with E-state index in [4.69, 9.17) is 26.2 Å². The molecule has 0 saturated carbocycles. The van der Waals surface area contributed by atoms with Gasteiger partial charge in [-0.3, -0.25) is 4.79 Å². The molecule has 5 rings (SSSR count). The first-order chi connectivity index (χ1) is 21.2. The third-order valence-electron chi connectivity index (χ3n) is 7.49. The molecule has 1 saturated heterocycles. The first-order valence-electron chi connectivity index (χ1n) is 14.7. The Hall–Kier alpha value is -3.66. The van der Waals surface area contributed by atoms with E-state index in [0.29, 0.717) is 34.8 Å². The number of aromatic nitrogens is 3. The van der Waals surface area contributed by atoms with Gasteiger partial charge in [0.15, 0.2) is 11.6 Å². The van der Waals surface area contributed by atoms with E-state index in [-0.39, 0.29) is 17.0 Å². The third-order valence-corrected chi connectivity index (χ3v) is 8.65. The highest BCUT2D eigenvalue weighted by Crippen LogP contribution is 2.41. The molecule has 3 aromatic carbocycles. The quantitative estimate of drug-likeness (QED) is 0.104. The normalized spacial score (nSPS) is 13.9. The van der Waals surface area contributed by atoms with Gasteiger partial charge in [0.1, 0.15) is 5.75 Å². The van der Waals surface area contributed by atoms with Crippen LogP contribution in [0.1, 0.15) is 54.7 Å². The van der Waals surface area contributed by atoms with Crippen LogP contribution >= 0.6 is 23.4 Å². The van der Waals surface area contributed by atoms with Crippen LogP contribution in [0.4, 0.5) is 5.69 Å². The van der Waals surface area contributed by atoms with E-state index in [1.54, 1.807) is 18.0 Å². The smallest absolute Gasteiger partial charge is 0.212 e. The Morgan fingerprint density at radius 2 is 1.84 bits per heavy atom. The monoisotopic (exact) mass is 631 g/mol. The highest BCUT2D eigenvalue weighted by atomic mass is 35.5. The summed E-state index contributed by atoms with van der Waals surface area (Å²) in [5, 5.41) is 14.7. The van der Waals surface area contributed by atoms with E-state index in [1.807, 2.05) is 48.5 Å². The van der Waals surface area contributed by atoms with E-state index < -0.39 is 0 Å². The van der Waals surface area contributed by atoms with Crippen LogP contribution in [-0.2, 0) is 16.6 Å². The molecule has 0 radical (unpaired) electrons. The summed E-state index contributed by atoms with van der Waals surface area (Å²) in [5.74, 6) is 1.48. The van der Waals surface area contributed by atoms with Gasteiger partial charge in [-0.2, -0.15) is 9.78 Å². The molecule has 1 aliphatic heterocycles. The van der Waals surface area contributed by atoms with Gasteiger partial charge in [0, 0.05) is 34.8 Å². The lowest BCUT2D eigenvalue weighted by molar-refractivity contribution is 0.102. The zero-order chi connectivity index (χ0) is 31.3. The van der Waals surface area contributed by atoms with Crippen LogP contribution in [0.25, 0.3) is 11.4 Å². The fourth-order valence-electron chi connectivity index (χ4n) is 5.03. The number of rotatable bonds is 10. The summed E-state index contributed by atoms with van der Waals surface area (Å²) in [5.41, 5.74) is 5.29. The maximum absolute atomic E-state index is 13.8. The van der Waals surface area contributed by atoms with E-state index >= 15 is 0 Å². The van der Waals surface area contributed by atoms with E-state index in [1.165, 1.54) is 17.3 Å². The molecule has 10 heteroatoms. The van der Waals surface area contributed by atoms with Gasteiger partial charge < -0.3 is 14.4 Å². The molecule has 4 aromatic rings. The number of methoxy groups -OCH3 is 1. The number of hydrogen-bond donors (Lipinski definition) is 0. The largest absolute Gasteiger partial charge is 0.494 e. The van der Waals surface area contributed by atoms with Crippen LogP contribution in [0, 0.1) is 0 Å². The predicted molar refractivity (Wildman–Crippen MR) is 179 cm³/mol. The molecule has 44 heavy (non-hydrogen) atoms. The summed E-state index contributed by atoms with van der Waals surface area (Å²) in [6.07, 6.45) is 2.74. The van der Waals surface area contributed by atoms with Crippen molar-refractivity contribution in [2.24, 2.45) is 5.10 Å². The van der Waals surface area contributed by atoms with Gasteiger partial charge in [0.25, 0.3) is 0 Å². The highest BCUT2D eigenvalue weighted by Gasteiger charge is 2.27. The number of ketones is 1. The van der Waals surface area contributed by atoms with Crippen LogP contribution in [-0.4, -0.2) is 66.0 Å². The van der Waals surface area contributed by atoms with Gasteiger partial charge in [0.05, 0.1) is 38.0 Å². The van der Waals surface area contributed by atoms with Crippen molar-refractivity contribution in [1.29, 1.82) is 0 Å². The summed E-state index contributed by atoms with van der Waals surface area (Å²) in [6, 6.07) is 19.6. The maximum atomic E-state index is 13.8. The van der Waals surface area contributed by atoms with Crippen molar-refractivity contribution in [2.45, 2.75) is 44.7 Å². The Bertz CT molecular complexity index is 1640. The van der Waals surface area contributed by atoms with Crippen LogP contribution < -0.4 is 9.64 Å². The number of carbonyl (C=O) groups excluding carboxylic acids is 1. The molecule has 0 aliphatic carbocycles. The van der Waals surface area contributed by atoms with Crippen molar-refractivity contribution in [2.75, 3.05) is 44.1 Å². The van der Waals surface area contributed by atoms with Crippen molar-refractivity contribution in [1.82, 2.24) is 14.9 Å². The Labute approximate surface area is 268 Å². The van der Waals surface area contributed by atoms with Crippen molar-refractivity contribution in [3.8, 4) is 17.1 Å². The zero-order valence-electron chi connectivity index (χ0n) is 25.8. The van der Waals surface area contributed by atoms with E-state index in [0.717, 1.165) is 47.6 Å². The lowest BCUT2D eigenvalue weighted by atomic mass is 9.84. The van der Waals surface area contributed by atoms with Crippen molar-refractivity contribution < 1.29 is 14.3 Å². The number of Topliss-reactive ketones (excluding diaryl/α,β-unsaturated/α-hetero) is 1. The molecule has 230 valence electrons. The summed E-state index contributed by atoms with van der Waals surface area (Å²) in [7, 11) is 1.69. The summed E-state index contributed by atoms with van der Waals surface area (Å²) >= 11 is 7.60. The van der Waals surface area contributed by atoms with Crippen LogP contribution in [0.15, 0.2) is 70.9 Å². The lowest BCUT2D eigenvalue weighted by Crippen LogP contribution is -2.37. The number of morpholine rings is 1. The van der Waals surface area contributed by atoms with Crippen LogP contribution in [0.2, 0.25) is 5.02 Å². The number of nitrogens with zero attached hydrogens (tertiary/aromatic N) is 5. The summed E-state index contributed by atoms with van der Waals surface area (Å²) in [6.45, 7) is 11.3. The fraction of sp³-hybridized carbons (Fsp3) is 0.353. The Morgan fingerprint density at radius 3 is 2.50 bits per heavy atom. The lowest BCUT2D eigenvalue weighted by Gasteiger charge is -2.33. The average molecular weight is 632 g/mol. The fourth-order valence-corrected chi connectivity index (χ4v) is 6.00. The molecular weight excluding hydrogens is 594 g/mol. The Kier molecular flexibility index (Phi) is 10.1. The van der Waals surface area contributed by atoms with E-state index in [9.17, 15) is 4.79 Å². The molecule has 1 aliphatic rings. The number of benzene rings is 3. The van der Waals surface area contributed by atoms with Crippen LogP contribution in [0.3, 0.4) is 0 Å². The van der Waals surface area contributed by atoms with Gasteiger partial charge >= 0.3 is 0 Å². The standard InChI is InChI=1S/C34H38ClN5O3S/c1-6-23-10-12-24(13-11-23)21-36-40-32(25-8-7-9-27(35)18-25)37-38-33(40)44-22-30(41)26-19-28(34(2,3)4)31(42-5)29(20-26)39-14-16-43-17-15-39/h7-13,18-21H,6,14-17,22H2,1-5H3/b36-21+. The maximum Gasteiger partial charge on any atom is 0.212 e. The average Bonchev–Trinajstić information content (AvgIpc) is 3.44. The third kappa shape index (κ3) is 7.34. The summed E-state index contributed by atoms with van der Waals surface area (Å²) in [4.78, 5) is 16.0. The van der Waals surface area contributed by atoms with Crippen molar-refractivity contribution in [3.63, 3.8) is 0 Å². The number of halogens is 1. The van der Waals surface area contributed by atoms with Gasteiger partial charge in [0.2, 0.25) is 5.16 Å². The first-order valence-corrected chi connectivity index (χ1v) is 16.1. The molecule has 1 fully saturated rings. The van der Waals surface area contributed by atoms with Crippen molar-refractivity contribution >= 4 is 41.0 Å². The molecule has 0 amide bonds. The van der Waals surface area contributed by atoms with Gasteiger partial charge in [-0.25, -0.2) is 0 Å². The van der Waals surface area contributed by atoms with Crippen LogP contribution in [0.5, 0.6) is 5.75 Å². The Balaban J connectivity index is 1.46. The van der Waals surface area contributed by atoms with Gasteiger partial charge in [-0.1, -0.05) is 87.5 Å². The van der Waals surface area contributed by atoms with E-state index in [2.05, 4.69) is 54.9 Å². The number of hydrogen-bond acceptors (Lipinski definition) is 8. The summed E-state index contributed by atoms with van der Waals surface area (Å²) < 4.78 is 13.2. The minimum Gasteiger partial charge on any atom is -0.494 e. The Morgan fingerprint density at radius 1 is 1.09 bits per heavy atom. The second-order valence-corrected chi connectivity index (χ2v) is 13.0. The molecule has 8 nitrogen and oxygen atoms in total. The number of carbonyl (C=O) groups is 1. The molecule has 0 N–H and O–H groups in total. The molecule has 0 atom stereocenters. The molecule has 0 bridgehead atoms. The molecule has 0 unspecified atom stereocenters. The minimum atomic E-state index is -0.230. The van der Waals surface area contributed by atoms with Gasteiger partial charge in [-0.15, -0.1) is 10.2 Å². The molecule has 1 aromatic heterocycles. The first kappa shape index (κ1) is 31.8. The molecular formula is C34H38ClN5O3S. The zero-order valence-corrected chi connectivity index (χ0v) is 27.4. The number of thioether (sulfide) groups is 1. The highest BCUT2D eigenvalue weighted by molar-refractivity contribution is 7.99. The van der Waals surface area contributed by atoms with Gasteiger partial charge in [-0.05, 0) is 47.2 Å². The second kappa shape index (κ2) is 14.0. The van der Waals surface area contributed by atoms with Crippen molar-refractivity contribution in [3.05, 3.63) is 87.9 Å². The topological polar surface area (TPSA) is 81.8 Å². The SMILES string of the molecule is CCc1ccc(/C=N/n2c(SCC(=O)c3cc(N4CCOCC4)c(OC)c(C(C)(C)C)c3)nnc2-c2cccc(Cl)c2)cc1. The minimum absolute atomic E-state index is 0.0179. The number of aryl methyl sites for hydroxylation is 1. The number of anilines is 1. The second-order valence-electron chi connectivity index (χ2n) is 11.6. The molecule has 0 spiro atoms. The molecule has 2 heterocycles. The predicted octanol–water partition coefficient (Wildman–Crippen LogP) is 7.16.